The Balaban J connectivity index is 1.59. The van der Waals surface area contributed by atoms with E-state index in [-0.39, 0.29) is 25.0 Å². The molecule has 1 aromatic rings. The molecule has 0 aliphatic carbocycles. The lowest BCUT2D eigenvalue weighted by Crippen LogP contribution is -2.47. The van der Waals surface area contributed by atoms with Crippen molar-refractivity contribution in [3.8, 4) is 11.5 Å². The fourth-order valence-electron chi connectivity index (χ4n) is 2.91. The number of hydrogen-bond donors (Lipinski definition) is 1. The summed E-state index contributed by atoms with van der Waals surface area (Å²) in [6.07, 6.45) is 0.191. The molecule has 0 bridgehead atoms. The van der Waals surface area contributed by atoms with Crippen molar-refractivity contribution in [3.63, 3.8) is 0 Å². The zero-order valence-electron chi connectivity index (χ0n) is 12.9. The highest BCUT2D eigenvalue weighted by molar-refractivity contribution is 5.82. The van der Waals surface area contributed by atoms with E-state index in [9.17, 15) is 9.59 Å². The number of primary amides is 1. The van der Waals surface area contributed by atoms with Gasteiger partial charge in [-0.25, -0.2) is 0 Å². The van der Waals surface area contributed by atoms with Gasteiger partial charge in [-0.3, -0.25) is 14.5 Å². The van der Waals surface area contributed by atoms with Crippen molar-refractivity contribution in [1.82, 2.24) is 9.80 Å². The van der Waals surface area contributed by atoms with Gasteiger partial charge in [0.15, 0.2) is 11.5 Å². The van der Waals surface area contributed by atoms with Crippen LogP contribution in [0.3, 0.4) is 0 Å². The van der Waals surface area contributed by atoms with E-state index in [1.807, 2.05) is 23.1 Å². The Morgan fingerprint density at radius 1 is 1.13 bits per heavy atom. The molecule has 23 heavy (non-hydrogen) atoms. The van der Waals surface area contributed by atoms with Gasteiger partial charge in [-0.15, -0.1) is 0 Å². The number of para-hydroxylation sites is 2. The van der Waals surface area contributed by atoms with Crippen LogP contribution in [0.1, 0.15) is 6.42 Å². The smallest absolute Gasteiger partial charge is 0.267 e. The average Bonchev–Trinajstić information content (AvgIpc) is 2.79. The van der Waals surface area contributed by atoms with Crippen molar-refractivity contribution in [2.45, 2.75) is 12.5 Å². The van der Waals surface area contributed by atoms with Crippen molar-refractivity contribution in [2.24, 2.45) is 5.73 Å². The van der Waals surface area contributed by atoms with Crippen molar-refractivity contribution in [1.29, 1.82) is 0 Å². The van der Waals surface area contributed by atoms with Crippen molar-refractivity contribution >= 4 is 11.8 Å². The van der Waals surface area contributed by atoms with Gasteiger partial charge in [0.2, 0.25) is 12.0 Å². The molecule has 0 saturated carbocycles. The van der Waals surface area contributed by atoms with E-state index in [0.717, 1.165) is 13.0 Å². The summed E-state index contributed by atoms with van der Waals surface area (Å²) in [5.41, 5.74) is 5.23. The molecule has 0 spiro atoms. The topological polar surface area (TPSA) is 85.1 Å². The molecule has 1 saturated heterocycles. The zero-order valence-corrected chi connectivity index (χ0v) is 12.9. The van der Waals surface area contributed by atoms with Crippen molar-refractivity contribution < 1.29 is 19.1 Å². The Bertz CT molecular complexity index is 592. The summed E-state index contributed by atoms with van der Waals surface area (Å²) in [6, 6.07) is 7.34. The lowest BCUT2D eigenvalue weighted by molar-refractivity contribution is -0.141. The number of rotatable bonds is 3. The summed E-state index contributed by atoms with van der Waals surface area (Å²) in [5, 5.41) is 0. The summed E-state index contributed by atoms with van der Waals surface area (Å²) >= 11 is 0. The SMILES string of the molecule is NC(=O)CN1CCCN(C(=O)[C@H]2COc3ccccc3O2)CC1. The number of nitrogens with zero attached hydrogens (tertiary/aromatic N) is 2. The first kappa shape index (κ1) is 15.6. The van der Waals surface area contributed by atoms with Gasteiger partial charge in [0.25, 0.3) is 5.91 Å². The standard InChI is InChI=1S/C16H21N3O4/c17-15(20)10-18-6-3-7-19(9-8-18)16(21)14-11-22-12-4-1-2-5-13(12)23-14/h1-2,4-5,14H,3,6-11H2,(H2,17,20)/t14-/m1/s1. The molecule has 1 fully saturated rings. The summed E-state index contributed by atoms with van der Waals surface area (Å²) in [4.78, 5) is 27.4. The molecule has 124 valence electrons. The second-order valence-corrected chi connectivity index (χ2v) is 5.79. The van der Waals surface area contributed by atoms with E-state index in [0.29, 0.717) is 31.1 Å². The van der Waals surface area contributed by atoms with Gasteiger partial charge in [0.1, 0.15) is 6.61 Å². The quantitative estimate of drug-likeness (QED) is 0.837. The fourth-order valence-corrected chi connectivity index (χ4v) is 2.91. The first-order valence-corrected chi connectivity index (χ1v) is 7.81. The molecule has 2 N–H and O–H groups in total. The molecule has 2 aliphatic heterocycles. The number of carbonyl (C=O) groups excluding carboxylic acids is 2. The first-order chi connectivity index (χ1) is 11.1. The molecule has 0 aromatic heterocycles. The molecule has 1 atom stereocenters. The van der Waals surface area contributed by atoms with Crippen LogP contribution in [-0.2, 0) is 9.59 Å². The van der Waals surface area contributed by atoms with Gasteiger partial charge in [-0.05, 0) is 18.6 Å². The molecular weight excluding hydrogens is 298 g/mol. The Morgan fingerprint density at radius 2 is 1.91 bits per heavy atom. The third kappa shape index (κ3) is 3.73. The highest BCUT2D eigenvalue weighted by atomic mass is 16.6. The lowest BCUT2D eigenvalue weighted by Gasteiger charge is -2.30. The number of benzene rings is 1. The van der Waals surface area contributed by atoms with E-state index in [2.05, 4.69) is 0 Å². The molecule has 0 unspecified atom stereocenters. The van der Waals surface area contributed by atoms with Gasteiger partial charge in [0.05, 0.1) is 6.54 Å². The molecule has 2 heterocycles. The third-order valence-corrected chi connectivity index (χ3v) is 4.06. The molecule has 0 radical (unpaired) electrons. The average molecular weight is 319 g/mol. The highest BCUT2D eigenvalue weighted by Crippen LogP contribution is 2.31. The van der Waals surface area contributed by atoms with Crippen LogP contribution in [0.4, 0.5) is 0 Å². The maximum atomic E-state index is 12.7. The number of hydrogen-bond acceptors (Lipinski definition) is 5. The lowest BCUT2D eigenvalue weighted by atomic mass is 10.2. The summed E-state index contributed by atoms with van der Waals surface area (Å²) in [5.74, 6) is 0.855. The van der Waals surface area contributed by atoms with Crippen LogP contribution in [0.5, 0.6) is 11.5 Å². The van der Waals surface area contributed by atoms with E-state index in [4.69, 9.17) is 15.2 Å². The molecule has 3 rings (SSSR count). The minimum Gasteiger partial charge on any atom is -0.485 e. The Labute approximate surface area is 134 Å². The van der Waals surface area contributed by atoms with Crippen LogP contribution in [0, 0.1) is 0 Å². The number of ether oxygens (including phenoxy) is 2. The van der Waals surface area contributed by atoms with Gasteiger partial charge in [-0.2, -0.15) is 0 Å². The Morgan fingerprint density at radius 3 is 2.70 bits per heavy atom. The molecule has 2 amide bonds. The summed E-state index contributed by atoms with van der Waals surface area (Å²) in [6.45, 7) is 3.06. The van der Waals surface area contributed by atoms with Gasteiger partial charge >= 0.3 is 0 Å². The van der Waals surface area contributed by atoms with E-state index < -0.39 is 6.10 Å². The second kappa shape index (κ2) is 6.87. The number of fused-ring (bicyclic) bond motifs is 1. The van der Waals surface area contributed by atoms with Crippen molar-refractivity contribution in [2.75, 3.05) is 39.3 Å². The number of nitrogens with two attached hydrogens (primary N) is 1. The van der Waals surface area contributed by atoms with Crippen LogP contribution in [-0.4, -0.2) is 67.0 Å². The minimum atomic E-state index is -0.618. The number of amides is 2. The van der Waals surface area contributed by atoms with Crippen molar-refractivity contribution in [3.05, 3.63) is 24.3 Å². The van der Waals surface area contributed by atoms with Crippen LogP contribution in [0.2, 0.25) is 0 Å². The maximum Gasteiger partial charge on any atom is 0.267 e. The highest BCUT2D eigenvalue weighted by Gasteiger charge is 2.31. The zero-order chi connectivity index (χ0) is 16.2. The van der Waals surface area contributed by atoms with Gasteiger partial charge in [0, 0.05) is 26.2 Å². The summed E-state index contributed by atoms with van der Waals surface area (Å²) in [7, 11) is 0. The Kier molecular flexibility index (Phi) is 4.66. The minimum absolute atomic E-state index is 0.0690. The second-order valence-electron chi connectivity index (χ2n) is 5.79. The van der Waals surface area contributed by atoms with E-state index in [1.165, 1.54) is 0 Å². The predicted octanol–water partition coefficient (Wildman–Crippen LogP) is -0.154. The predicted molar refractivity (Wildman–Crippen MR) is 83.2 cm³/mol. The molecule has 2 aliphatic rings. The van der Waals surface area contributed by atoms with E-state index >= 15 is 0 Å². The maximum absolute atomic E-state index is 12.7. The largest absolute Gasteiger partial charge is 0.485 e. The van der Waals surface area contributed by atoms with Crippen LogP contribution >= 0.6 is 0 Å². The monoisotopic (exact) mass is 319 g/mol. The normalized spacial score (nSPS) is 21.6. The first-order valence-electron chi connectivity index (χ1n) is 7.81. The van der Waals surface area contributed by atoms with E-state index in [1.54, 1.807) is 11.0 Å². The summed E-state index contributed by atoms with van der Waals surface area (Å²) < 4.78 is 11.4. The van der Waals surface area contributed by atoms with Crippen LogP contribution < -0.4 is 15.2 Å². The number of carbonyl (C=O) groups is 2. The molecule has 7 heteroatoms. The van der Waals surface area contributed by atoms with Crippen LogP contribution in [0.15, 0.2) is 24.3 Å². The fraction of sp³-hybridized carbons (Fsp3) is 0.500. The molecule has 7 nitrogen and oxygen atoms in total. The van der Waals surface area contributed by atoms with Gasteiger partial charge < -0.3 is 20.1 Å². The molecular formula is C16H21N3O4. The third-order valence-electron chi connectivity index (χ3n) is 4.06. The van der Waals surface area contributed by atoms with Gasteiger partial charge in [-0.1, -0.05) is 12.1 Å². The van der Waals surface area contributed by atoms with Crippen LogP contribution in [0.25, 0.3) is 0 Å². The molecule has 1 aromatic carbocycles. The Hall–Kier alpha value is -2.28.